The lowest BCUT2D eigenvalue weighted by Crippen LogP contribution is -2.59. The summed E-state index contributed by atoms with van der Waals surface area (Å²) in [6, 6.07) is -1.04. The maximum absolute atomic E-state index is 10.8. The Morgan fingerprint density at radius 2 is 1.91 bits per heavy atom. The average Bonchev–Trinajstić information content (AvgIpc) is 1.97. The van der Waals surface area contributed by atoms with E-state index in [0.29, 0.717) is 0 Å². The third kappa shape index (κ3) is 1.52. The van der Waals surface area contributed by atoms with Crippen LogP contribution in [-0.4, -0.2) is 40.9 Å². The Balaban J connectivity index is 2.63. The monoisotopic (exact) mass is 162 g/mol. The van der Waals surface area contributed by atoms with E-state index in [2.05, 4.69) is 0 Å². The van der Waals surface area contributed by atoms with E-state index in [-0.39, 0.29) is 0 Å². The van der Waals surface area contributed by atoms with Crippen LogP contribution in [0.25, 0.3) is 0 Å². The number of aliphatic hydroxyl groups is 2. The average molecular weight is 162 g/mol. The van der Waals surface area contributed by atoms with Gasteiger partial charge in [0, 0.05) is 0 Å². The largest absolute Gasteiger partial charge is 0.388 e. The normalized spacial score (nSPS) is 52.6. The Morgan fingerprint density at radius 1 is 1.36 bits per heavy atom. The molecular formula is C6H12NO4. The van der Waals surface area contributed by atoms with Crippen LogP contribution in [0.1, 0.15) is 6.92 Å². The molecule has 1 rings (SSSR count). The standard InChI is InChI=1S/C6H12NO4/c1-2-4(8)5(9)3(7)6(10)11-2/h2-6,8-9H,7H2,1H3/t2-,3-,4-,5-,6?/m1/s1. The van der Waals surface area contributed by atoms with Crippen molar-refractivity contribution in [2.45, 2.75) is 37.6 Å². The van der Waals surface area contributed by atoms with E-state index < -0.39 is 30.6 Å². The van der Waals surface area contributed by atoms with Crippen molar-refractivity contribution in [1.29, 1.82) is 0 Å². The van der Waals surface area contributed by atoms with Gasteiger partial charge in [0.05, 0.1) is 12.1 Å². The summed E-state index contributed by atoms with van der Waals surface area (Å²) >= 11 is 0. The molecule has 1 aliphatic heterocycles. The number of aliphatic hydroxyl groups excluding tert-OH is 2. The van der Waals surface area contributed by atoms with Crippen LogP contribution >= 0.6 is 0 Å². The van der Waals surface area contributed by atoms with Crippen molar-refractivity contribution in [3.8, 4) is 0 Å². The van der Waals surface area contributed by atoms with Gasteiger partial charge in [-0.2, -0.15) is 5.11 Å². The molecule has 5 nitrogen and oxygen atoms in total. The molecule has 1 fully saturated rings. The van der Waals surface area contributed by atoms with Crippen LogP contribution in [0.5, 0.6) is 0 Å². The van der Waals surface area contributed by atoms with E-state index in [0.717, 1.165) is 0 Å². The van der Waals surface area contributed by atoms with Crippen molar-refractivity contribution in [3.63, 3.8) is 0 Å². The highest BCUT2D eigenvalue weighted by Crippen LogP contribution is 2.17. The lowest BCUT2D eigenvalue weighted by molar-refractivity contribution is -0.257. The Kier molecular flexibility index (Phi) is 2.46. The summed E-state index contributed by atoms with van der Waals surface area (Å²) in [4.78, 5) is 0. The number of nitrogens with two attached hydrogens (primary N) is 1. The molecule has 1 radical (unpaired) electrons. The zero-order valence-electron chi connectivity index (χ0n) is 6.18. The first kappa shape index (κ1) is 8.89. The minimum atomic E-state index is -1.44. The predicted molar refractivity (Wildman–Crippen MR) is 35.0 cm³/mol. The second kappa shape index (κ2) is 3.04. The van der Waals surface area contributed by atoms with Crippen LogP contribution in [-0.2, 0) is 9.84 Å². The van der Waals surface area contributed by atoms with Gasteiger partial charge in [0.25, 0.3) is 0 Å². The van der Waals surface area contributed by atoms with Crippen molar-refractivity contribution < 1.29 is 20.1 Å². The Morgan fingerprint density at radius 3 is 2.45 bits per heavy atom. The highest BCUT2D eigenvalue weighted by atomic mass is 16.6. The number of rotatable bonds is 0. The van der Waals surface area contributed by atoms with Crippen molar-refractivity contribution >= 4 is 0 Å². The molecule has 0 saturated carbocycles. The van der Waals surface area contributed by atoms with Gasteiger partial charge in [-0.15, -0.1) is 0 Å². The smallest absolute Gasteiger partial charge is 0.209 e. The molecule has 5 heteroatoms. The summed E-state index contributed by atoms with van der Waals surface area (Å²) in [5, 5.41) is 29.1. The van der Waals surface area contributed by atoms with Crippen LogP contribution in [0.2, 0.25) is 0 Å². The second-order valence-electron chi connectivity index (χ2n) is 2.77. The summed E-state index contributed by atoms with van der Waals surface area (Å²) in [5.74, 6) is 0. The number of hydrogen-bond acceptors (Lipinski definition) is 4. The van der Waals surface area contributed by atoms with E-state index in [9.17, 15) is 5.11 Å². The third-order valence-electron chi connectivity index (χ3n) is 1.89. The van der Waals surface area contributed by atoms with Gasteiger partial charge in [-0.3, -0.25) is 0 Å². The quantitative estimate of drug-likeness (QED) is 0.392. The van der Waals surface area contributed by atoms with Gasteiger partial charge in [0.2, 0.25) is 6.29 Å². The third-order valence-corrected chi connectivity index (χ3v) is 1.89. The lowest BCUT2D eigenvalue weighted by atomic mass is 9.99. The van der Waals surface area contributed by atoms with Crippen LogP contribution in [0.15, 0.2) is 0 Å². The molecule has 0 spiro atoms. The van der Waals surface area contributed by atoms with E-state index in [1.165, 1.54) is 6.92 Å². The maximum atomic E-state index is 10.8. The zero-order chi connectivity index (χ0) is 8.59. The maximum Gasteiger partial charge on any atom is 0.209 e. The molecule has 1 saturated heterocycles. The molecule has 11 heavy (non-hydrogen) atoms. The minimum Gasteiger partial charge on any atom is -0.388 e. The first-order valence-corrected chi connectivity index (χ1v) is 3.47. The summed E-state index contributed by atoms with van der Waals surface area (Å²) in [5.41, 5.74) is 5.23. The molecule has 5 atom stereocenters. The first-order valence-electron chi connectivity index (χ1n) is 3.47. The summed E-state index contributed by atoms with van der Waals surface area (Å²) < 4.78 is 4.69. The predicted octanol–water partition coefficient (Wildman–Crippen LogP) is -1.79. The van der Waals surface area contributed by atoms with Crippen LogP contribution < -0.4 is 5.73 Å². The van der Waals surface area contributed by atoms with Gasteiger partial charge in [-0.25, -0.2) is 0 Å². The van der Waals surface area contributed by atoms with Crippen molar-refractivity contribution in [2.75, 3.05) is 0 Å². The molecule has 4 N–H and O–H groups in total. The summed E-state index contributed by atoms with van der Waals surface area (Å²) in [6.45, 7) is 1.52. The van der Waals surface area contributed by atoms with Gasteiger partial charge in [-0.05, 0) is 6.92 Å². The van der Waals surface area contributed by atoms with Gasteiger partial charge in [0.15, 0.2) is 0 Å². The molecular weight excluding hydrogens is 150 g/mol. The highest BCUT2D eigenvalue weighted by molar-refractivity contribution is 4.88. The molecule has 0 amide bonds. The molecule has 0 aliphatic carbocycles. The Bertz CT molecular complexity index is 129. The van der Waals surface area contributed by atoms with E-state index in [1.807, 2.05) is 0 Å². The van der Waals surface area contributed by atoms with Crippen molar-refractivity contribution in [3.05, 3.63) is 0 Å². The lowest BCUT2D eigenvalue weighted by Gasteiger charge is -2.36. The van der Waals surface area contributed by atoms with Crippen LogP contribution in [0, 0.1) is 0 Å². The van der Waals surface area contributed by atoms with E-state index >= 15 is 0 Å². The van der Waals surface area contributed by atoms with E-state index in [1.54, 1.807) is 0 Å². The second-order valence-corrected chi connectivity index (χ2v) is 2.77. The van der Waals surface area contributed by atoms with Gasteiger partial charge < -0.3 is 20.7 Å². The molecule has 1 aliphatic rings. The number of ether oxygens (including phenoxy) is 1. The minimum absolute atomic E-state index is 0.646. The van der Waals surface area contributed by atoms with Crippen molar-refractivity contribution in [2.24, 2.45) is 5.73 Å². The highest BCUT2D eigenvalue weighted by Gasteiger charge is 2.40. The van der Waals surface area contributed by atoms with E-state index in [4.69, 9.17) is 20.7 Å². The molecule has 0 aromatic carbocycles. The first-order chi connectivity index (χ1) is 5.04. The van der Waals surface area contributed by atoms with Gasteiger partial charge >= 0.3 is 0 Å². The van der Waals surface area contributed by atoms with Crippen LogP contribution in [0.4, 0.5) is 0 Å². The molecule has 1 unspecified atom stereocenters. The molecule has 0 aromatic heterocycles. The topological polar surface area (TPSA) is 95.6 Å². The SMILES string of the molecule is C[C@H]1OC([O])[C@H](N)[C@@H](O)[C@@H]1O. The number of hydrogen-bond donors (Lipinski definition) is 3. The fourth-order valence-electron chi connectivity index (χ4n) is 1.05. The molecule has 0 bridgehead atoms. The Labute approximate surface area is 64.4 Å². The summed E-state index contributed by atoms with van der Waals surface area (Å²) in [7, 11) is 0. The fourth-order valence-corrected chi connectivity index (χ4v) is 1.05. The van der Waals surface area contributed by atoms with Gasteiger partial charge in [0.1, 0.15) is 12.2 Å². The molecule has 0 aromatic rings. The van der Waals surface area contributed by atoms with Crippen LogP contribution in [0.3, 0.4) is 0 Å². The molecule has 65 valence electrons. The summed E-state index contributed by atoms with van der Waals surface area (Å²) in [6.07, 6.45) is -4.33. The zero-order valence-corrected chi connectivity index (χ0v) is 6.18. The molecule has 1 heterocycles. The fraction of sp³-hybridized carbons (Fsp3) is 1.00. The van der Waals surface area contributed by atoms with Crippen molar-refractivity contribution in [1.82, 2.24) is 0 Å². The van der Waals surface area contributed by atoms with Gasteiger partial charge in [-0.1, -0.05) is 0 Å². The Hall–Kier alpha value is -0.200.